The number of aromatic carboxylic acids is 1. The molecule has 1 saturated heterocycles. The van der Waals surface area contributed by atoms with E-state index in [4.69, 9.17) is 9.84 Å². The molecule has 1 unspecified atom stereocenters. The number of hydrogen-bond donors (Lipinski definition) is 1. The van der Waals surface area contributed by atoms with Crippen LogP contribution in [0.15, 0.2) is 53.4 Å². The zero-order valence-electron chi connectivity index (χ0n) is 14.5. The number of nitrogens with zero attached hydrogens (tertiary/aromatic N) is 1. The second-order valence-corrected chi connectivity index (χ2v) is 8.31. The molecule has 8 heteroatoms. The van der Waals surface area contributed by atoms with Gasteiger partial charge in [0, 0.05) is 13.1 Å². The van der Waals surface area contributed by atoms with Crippen molar-refractivity contribution in [2.45, 2.75) is 30.4 Å². The molecule has 27 heavy (non-hydrogen) atoms. The van der Waals surface area contributed by atoms with E-state index in [1.807, 2.05) is 30.3 Å². The van der Waals surface area contributed by atoms with Gasteiger partial charge in [0.1, 0.15) is 5.82 Å². The molecular weight excluding hydrogens is 373 g/mol. The lowest BCUT2D eigenvalue weighted by atomic mass is 10.1. The number of sulfonamides is 1. The summed E-state index contributed by atoms with van der Waals surface area (Å²) >= 11 is 0. The van der Waals surface area contributed by atoms with E-state index in [1.54, 1.807) is 0 Å². The molecule has 144 valence electrons. The van der Waals surface area contributed by atoms with E-state index in [2.05, 4.69) is 0 Å². The van der Waals surface area contributed by atoms with Gasteiger partial charge in [0.2, 0.25) is 10.0 Å². The van der Waals surface area contributed by atoms with Crippen LogP contribution in [-0.2, 0) is 21.4 Å². The van der Waals surface area contributed by atoms with Crippen LogP contribution in [0, 0.1) is 5.82 Å². The Balaban J connectivity index is 1.73. The van der Waals surface area contributed by atoms with Gasteiger partial charge < -0.3 is 9.84 Å². The number of carbonyl (C=O) groups is 1. The Morgan fingerprint density at radius 1 is 1.22 bits per heavy atom. The van der Waals surface area contributed by atoms with Crippen LogP contribution in [0.4, 0.5) is 4.39 Å². The van der Waals surface area contributed by atoms with Crippen molar-refractivity contribution in [3.8, 4) is 0 Å². The van der Waals surface area contributed by atoms with Gasteiger partial charge in [-0.05, 0) is 36.6 Å². The first-order valence-corrected chi connectivity index (χ1v) is 10.0. The average molecular weight is 393 g/mol. The van der Waals surface area contributed by atoms with Crippen molar-refractivity contribution in [3.05, 3.63) is 65.5 Å². The minimum atomic E-state index is -3.93. The van der Waals surface area contributed by atoms with Gasteiger partial charge in [-0.25, -0.2) is 17.6 Å². The fraction of sp³-hybridized carbons (Fsp3) is 0.316. The number of carboxylic acids is 1. The molecule has 1 fully saturated rings. The van der Waals surface area contributed by atoms with Crippen molar-refractivity contribution in [2.75, 3.05) is 13.1 Å². The van der Waals surface area contributed by atoms with Gasteiger partial charge in [0.15, 0.2) is 0 Å². The predicted molar refractivity (Wildman–Crippen MR) is 96.4 cm³/mol. The summed E-state index contributed by atoms with van der Waals surface area (Å²) in [5.41, 5.74) is 0.340. The van der Waals surface area contributed by atoms with Crippen LogP contribution in [0.25, 0.3) is 0 Å². The number of rotatable bonds is 6. The highest BCUT2D eigenvalue weighted by molar-refractivity contribution is 7.89. The van der Waals surface area contributed by atoms with Gasteiger partial charge in [0.25, 0.3) is 0 Å². The number of hydrogen-bond acceptors (Lipinski definition) is 4. The molecule has 0 bridgehead atoms. The monoisotopic (exact) mass is 393 g/mol. The third-order valence-corrected chi connectivity index (χ3v) is 6.34. The van der Waals surface area contributed by atoms with E-state index in [0.717, 1.165) is 30.2 Å². The van der Waals surface area contributed by atoms with E-state index in [1.165, 1.54) is 4.31 Å². The maximum absolute atomic E-state index is 13.6. The molecule has 0 aliphatic carbocycles. The van der Waals surface area contributed by atoms with Gasteiger partial charge in [-0.15, -0.1) is 0 Å². The Morgan fingerprint density at radius 2 is 1.96 bits per heavy atom. The third-order valence-electron chi connectivity index (χ3n) is 4.48. The zero-order valence-corrected chi connectivity index (χ0v) is 15.4. The molecule has 2 aromatic rings. The molecule has 0 aromatic heterocycles. The molecule has 3 rings (SSSR count). The molecule has 0 radical (unpaired) electrons. The Labute approximate surface area is 157 Å². The Morgan fingerprint density at radius 3 is 2.67 bits per heavy atom. The van der Waals surface area contributed by atoms with Gasteiger partial charge in [-0.2, -0.15) is 4.31 Å². The van der Waals surface area contributed by atoms with Crippen LogP contribution in [0.2, 0.25) is 0 Å². The first-order valence-electron chi connectivity index (χ1n) is 8.56. The summed E-state index contributed by atoms with van der Waals surface area (Å²) in [7, 11) is -3.93. The number of ether oxygens (including phenoxy) is 1. The molecule has 0 saturated carbocycles. The Kier molecular flexibility index (Phi) is 5.88. The summed E-state index contributed by atoms with van der Waals surface area (Å²) in [6.07, 6.45) is 1.11. The third kappa shape index (κ3) is 4.52. The fourth-order valence-corrected chi connectivity index (χ4v) is 4.56. The van der Waals surface area contributed by atoms with Crippen molar-refractivity contribution in [1.82, 2.24) is 4.31 Å². The number of halogens is 1. The quantitative estimate of drug-likeness (QED) is 0.816. The first-order chi connectivity index (χ1) is 12.9. The van der Waals surface area contributed by atoms with Crippen LogP contribution in [0.3, 0.4) is 0 Å². The highest BCUT2D eigenvalue weighted by Gasteiger charge is 2.31. The van der Waals surface area contributed by atoms with Crippen LogP contribution in [-0.4, -0.2) is 43.0 Å². The second kappa shape index (κ2) is 8.16. The lowest BCUT2D eigenvalue weighted by Gasteiger charge is -2.32. The maximum atomic E-state index is 13.6. The van der Waals surface area contributed by atoms with Crippen molar-refractivity contribution in [3.63, 3.8) is 0 Å². The number of benzene rings is 2. The summed E-state index contributed by atoms with van der Waals surface area (Å²) in [6.45, 7) is 0.876. The highest BCUT2D eigenvalue weighted by Crippen LogP contribution is 2.24. The van der Waals surface area contributed by atoms with Crippen LogP contribution >= 0.6 is 0 Å². The van der Waals surface area contributed by atoms with Gasteiger partial charge in [-0.1, -0.05) is 30.3 Å². The molecular formula is C19H20FNO5S. The van der Waals surface area contributed by atoms with Crippen molar-refractivity contribution in [1.29, 1.82) is 0 Å². The molecule has 2 aromatic carbocycles. The standard InChI is InChI=1S/C19H20FNO5S/c20-18-9-8-16(11-17(18)19(22)23)27(24,25)21-10-4-7-15(12-21)26-13-14-5-2-1-3-6-14/h1-3,5-6,8-9,11,15H,4,7,10,12-13H2,(H,22,23). The predicted octanol–water partition coefficient (Wildman–Crippen LogP) is 2.89. The second-order valence-electron chi connectivity index (χ2n) is 6.37. The Bertz CT molecular complexity index is 917. The van der Waals surface area contributed by atoms with Crippen molar-refractivity contribution >= 4 is 16.0 Å². The highest BCUT2D eigenvalue weighted by atomic mass is 32.2. The van der Waals surface area contributed by atoms with E-state index < -0.39 is 27.4 Å². The summed E-state index contributed by atoms with van der Waals surface area (Å²) in [4.78, 5) is 10.8. The lowest BCUT2D eigenvalue weighted by Crippen LogP contribution is -2.43. The molecule has 1 atom stereocenters. The number of piperidine rings is 1. The van der Waals surface area contributed by atoms with Crippen molar-refractivity contribution < 1.29 is 27.4 Å². The minimum Gasteiger partial charge on any atom is -0.478 e. The maximum Gasteiger partial charge on any atom is 0.338 e. The molecule has 0 spiro atoms. The normalized spacial score (nSPS) is 18.3. The zero-order chi connectivity index (χ0) is 19.4. The summed E-state index contributed by atoms with van der Waals surface area (Å²) in [5.74, 6) is -2.48. The van der Waals surface area contributed by atoms with Gasteiger partial charge in [0.05, 0.1) is 23.2 Å². The SMILES string of the molecule is O=C(O)c1cc(S(=O)(=O)N2CCCC(OCc3ccccc3)C2)ccc1F. The van der Waals surface area contributed by atoms with E-state index in [0.29, 0.717) is 19.6 Å². The summed E-state index contributed by atoms with van der Waals surface area (Å²) in [5, 5.41) is 9.02. The Hall–Kier alpha value is -2.29. The van der Waals surface area contributed by atoms with Gasteiger partial charge >= 0.3 is 5.97 Å². The molecule has 1 heterocycles. The topological polar surface area (TPSA) is 83.9 Å². The van der Waals surface area contributed by atoms with Crippen LogP contribution < -0.4 is 0 Å². The fourth-order valence-electron chi connectivity index (χ4n) is 3.03. The van der Waals surface area contributed by atoms with E-state index in [-0.39, 0.29) is 17.5 Å². The smallest absolute Gasteiger partial charge is 0.338 e. The molecule has 1 aliphatic heterocycles. The average Bonchev–Trinajstić information content (AvgIpc) is 2.67. The molecule has 1 aliphatic rings. The molecule has 1 N–H and O–H groups in total. The van der Waals surface area contributed by atoms with E-state index >= 15 is 0 Å². The molecule has 0 amide bonds. The van der Waals surface area contributed by atoms with Gasteiger partial charge in [-0.3, -0.25) is 0 Å². The number of carboxylic acid groups (broad SMARTS) is 1. The summed E-state index contributed by atoms with van der Waals surface area (Å²) in [6, 6.07) is 12.4. The first kappa shape index (κ1) is 19.5. The largest absolute Gasteiger partial charge is 0.478 e. The molecule has 6 nitrogen and oxygen atoms in total. The minimum absolute atomic E-state index is 0.176. The lowest BCUT2D eigenvalue weighted by molar-refractivity contribution is 0.00811. The van der Waals surface area contributed by atoms with E-state index in [9.17, 15) is 17.6 Å². The summed E-state index contributed by atoms with van der Waals surface area (Å²) < 4.78 is 46.4. The van der Waals surface area contributed by atoms with Crippen LogP contribution in [0.5, 0.6) is 0 Å². The van der Waals surface area contributed by atoms with Crippen LogP contribution in [0.1, 0.15) is 28.8 Å². The van der Waals surface area contributed by atoms with Crippen molar-refractivity contribution in [2.24, 2.45) is 0 Å².